The molecular formula is C62H108O6. The lowest BCUT2D eigenvalue weighted by Gasteiger charge is -2.18. The predicted molar refractivity (Wildman–Crippen MR) is 293 cm³/mol. The maximum Gasteiger partial charge on any atom is 0.306 e. The number of hydrogen-bond acceptors (Lipinski definition) is 6. The van der Waals surface area contributed by atoms with E-state index >= 15 is 0 Å². The molecule has 0 saturated carbocycles. The zero-order valence-corrected chi connectivity index (χ0v) is 44.9. The molecule has 0 aromatic carbocycles. The molecule has 0 unspecified atom stereocenters. The Morgan fingerprint density at radius 1 is 0.309 bits per heavy atom. The second-order valence-electron chi connectivity index (χ2n) is 19.2. The molecule has 0 saturated heterocycles. The lowest BCUT2D eigenvalue weighted by molar-refractivity contribution is -0.166. The van der Waals surface area contributed by atoms with Gasteiger partial charge in [-0.3, -0.25) is 14.4 Å². The maximum atomic E-state index is 12.9. The average Bonchev–Trinajstić information content (AvgIpc) is 3.34. The Kier molecular flexibility index (Phi) is 53.8. The second kappa shape index (κ2) is 56.4. The van der Waals surface area contributed by atoms with E-state index in [0.29, 0.717) is 19.3 Å². The standard InChI is InChI=1S/C62H108O6/c1-4-7-10-13-16-19-22-25-27-29-31-33-34-37-40-43-46-49-52-55-61(64)67-58-59(57-66-60(63)54-51-48-45-42-39-36-24-21-18-15-12-9-6-3)68-62(65)56-53-50-47-44-41-38-35-32-30-28-26-23-20-17-14-11-8-5-2/h7,10,16,19,25,27,31,33,37,40,46,49,59H,4-6,8-9,11-15,17-18,20-24,26,28-30,32,34-36,38-39,41-45,47-48,50-58H2,1-3H3/b10-7-,19-16-,27-25-,33-31-,40-37-,49-46-/t59-/m1/s1. The molecule has 1 atom stereocenters. The van der Waals surface area contributed by atoms with E-state index in [0.717, 1.165) is 77.0 Å². The van der Waals surface area contributed by atoms with Crippen molar-refractivity contribution in [3.05, 3.63) is 72.9 Å². The molecule has 0 spiro atoms. The van der Waals surface area contributed by atoms with Crippen LogP contribution in [0.15, 0.2) is 72.9 Å². The number of ether oxygens (including phenoxy) is 3. The van der Waals surface area contributed by atoms with Crippen LogP contribution in [0.3, 0.4) is 0 Å². The summed E-state index contributed by atoms with van der Waals surface area (Å²) in [7, 11) is 0. The highest BCUT2D eigenvalue weighted by atomic mass is 16.6. The molecule has 0 aliphatic rings. The zero-order chi connectivity index (χ0) is 49.3. The number of carbonyl (C=O) groups excluding carboxylic acids is 3. The molecule has 6 heteroatoms. The summed E-state index contributed by atoms with van der Waals surface area (Å²) in [5, 5.41) is 0. The summed E-state index contributed by atoms with van der Waals surface area (Å²) in [6.45, 7) is 6.49. The Morgan fingerprint density at radius 2 is 0.574 bits per heavy atom. The van der Waals surface area contributed by atoms with Crippen molar-refractivity contribution in [1.82, 2.24) is 0 Å². The van der Waals surface area contributed by atoms with Gasteiger partial charge >= 0.3 is 17.9 Å². The number of unbranched alkanes of at least 4 members (excludes halogenated alkanes) is 29. The first-order valence-electron chi connectivity index (χ1n) is 28.9. The van der Waals surface area contributed by atoms with E-state index in [1.807, 2.05) is 6.08 Å². The van der Waals surface area contributed by atoms with Crippen LogP contribution in [-0.2, 0) is 28.6 Å². The van der Waals surface area contributed by atoms with Crippen LogP contribution in [-0.4, -0.2) is 37.2 Å². The van der Waals surface area contributed by atoms with Crippen LogP contribution in [0.4, 0.5) is 0 Å². The van der Waals surface area contributed by atoms with Gasteiger partial charge in [0, 0.05) is 19.3 Å². The normalized spacial score (nSPS) is 12.6. The minimum Gasteiger partial charge on any atom is -0.462 e. The topological polar surface area (TPSA) is 78.9 Å². The van der Waals surface area contributed by atoms with Gasteiger partial charge in [0.1, 0.15) is 13.2 Å². The number of rotatable bonds is 52. The molecule has 0 N–H and O–H groups in total. The van der Waals surface area contributed by atoms with Crippen molar-refractivity contribution < 1.29 is 28.6 Å². The summed E-state index contributed by atoms with van der Waals surface area (Å²) >= 11 is 0. The van der Waals surface area contributed by atoms with Crippen LogP contribution < -0.4 is 0 Å². The van der Waals surface area contributed by atoms with E-state index in [-0.39, 0.29) is 37.5 Å². The van der Waals surface area contributed by atoms with Gasteiger partial charge in [0.2, 0.25) is 0 Å². The maximum absolute atomic E-state index is 12.9. The number of esters is 3. The van der Waals surface area contributed by atoms with Gasteiger partial charge in [-0.15, -0.1) is 0 Å². The summed E-state index contributed by atoms with van der Waals surface area (Å²) in [5.74, 6) is -0.970. The van der Waals surface area contributed by atoms with Gasteiger partial charge in [0.15, 0.2) is 6.10 Å². The van der Waals surface area contributed by atoms with Crippen LogP contribution >= 0.6 is 0 Å². The number of hydrogen-bond donors (Lipinski definition) is 0. The molecule has 0 heterocycles. The second-order valence-corrected chi connectivity index (χ2v) is 19.2. The summed E-state index contributed by atoms with van der Waals surface area (Å²) < 4.78 is 16.8. The third kappa shape index (κ3) is 53.8. The Bertz CT molecular complexity index is 1270. The first kappa shape index (κ1) is 64.8. The lowest BCUT2D eigenvalue weighted by Crippen LogP contribution is -2.30. The molecule has 0 radical (unpaired) electrons. The van der Waals surface area contributed by atoms with Crippen molar-refractivity contribution in [1.29, 1.82) is 0 Å². The van der Waals surface area contributed by atoms with E-state index in [4.69, 9.17) is 14.2 Å². The third-order valence-corrected chi connectivity index (χ3v) is 12.5. The van der Waals surface area contributed by atoms with Crippen LogP contribution in [0.1, 0.15) is 284 Å². The third-order valence-electron chi connectivity index (χ3n) is 12.5. The van der Waals surface area contributed by atoms with Crippen LogP contribution in [0.5, 0.6) is 0 Å². The Balaban J connectivity index is 4.45. The molecule has 0 bridgehead atoms. The van der Waals surface area contributed by atoms with Crippen molar-refractivity contribution >= 4 is 17.9 Å². The van der Waals surface area contributed by atoms with Gasteiger partial charge in [0.05, 0.1) is 0 Å². The largest absolute Gasteiger partial charge is 0.462 e. The van der Waals surface area contributed by atoms with E-state index in [1.165, 1.54) is 161 Å². The van der Waals surface area contributed by atoms with Crippen molar-refractivity contribution in [3.8, 4) is 0 Å². The molecule has 392 valence electrons. The van der Waals surface area contributed by atoms with Crippen molar-refractivity contribution in [2.75, 3.05) is 13.2 Å². The van der Waals surface area contributed by atoms with Crippen LogP contribution in [0.25, 0.3) is 0 Å². The summed E-state index contributed by atoms with van der Waals surface area (Å²) in [6.07, 6.45) is 71.9. The Morgan fingerprint density at radius 3 is 0.897 bits per heavy atom. The fourth-order valence-electron chi connectivity index (χ4n) is 8.18. The molecule has 68 heavy (non-hydrogen) atoms. The summed E-state index contributed by atoms with van der Waals surface area (Å²) in [5.41, 5.74) is 0. The first-order chi connectivity index (χ1) is 33.5. The molecule has 6 nitrogen and oxygen atoms in total. The lowest BCUT2D eigenvalue weighted by atomic mass is 10.0. The first-order valence-corrected chi connectivity index (χ1v) is 28.9. The molecule has 0 amide bonds. The quantitative estimate of drug-likeness (QED) is 0.0262. The molecule has 0 rings (SSSR count). The highest BCUT2D eigenvalue weighted by Gasteiger charge is 2.19. The molecule has 0 aliphatic heterocycles. The van der Waals surface area contributed by atoms with Gasteiger partial charge in [-0.25, -0.2) is 0 Å². The van der Waals surface area contributed by atoms with E-state index in [1.54, 1.807) is 0 Å². The van der Waals surface area contributed by atoms with Crippen molar-refractivity contribution in [3.63, 3.8) is 0 Å². The molecule has 0 aliphatic carbocycles. The van der Waals surface area contributed by atoms with Gasteiger partial charge in [0.25, 0.3) is 0 Å². The van der Waals surface area contributed by atoms with E-state index < -0.39 is 6.10 Å². The average molecular weight is 950 g/mol. The minimum absolute atomic E-state index is 0.0947. The van der Waals surface area contributed by atoms with E-state index in [9.17, 15) is 14.4 Å². The van der Waals surface area contributed by atoms with Gasteiger partial charge < -0.3 is 14.2 Å². The highest BCUT2D eigenvalue weighted by molar-refractivity contribution is 5.71. The molecule has 0 aromatic heterocycles. The summed E-state index contributed by atoms with van der Waals surface area (Å²) in [6, 6.07) is 0. The molecule has 0 aromatic rings. The van der Waals surface area contributed by atoms with Gasteiger partial charge in [-0.2, -0.15) is 0 Å². The number of allylic oxidation sites excluding steroid dienone is 12. The monoisotopic (exact) mass is 949 g/mol. The SMILES string of the molecule is CC/C=C\C/C=C\C/C=C\C/C=C\C/C=C\C/C=C\CCC(=O)OC[C@@H](COC(=O)CCCCCCCCCCCCCCC)OC(=O)CCCCCCCCCCCCCCCCCCCC. The van der Waals surface area contributed by atoms with Gasteiger partial charge in [-0.05, 0) is 57.8 Å². The minimum atomic E-state index is -0.802. The Labute approximate surface area is 421 Å². The van der Waals surface area contributed by atoms with Crippen LogP contribution in [0.2, 0.25) is 0 Å². The fraction of sp³-hybridized carbons (Fsp3) is 0.758. The highest BCUT2D eigenvalue weighted by Crippen LogP contribution is 2.16. The van der Waals surface area contributed by atoms with Crippen molar-refractivity contribution in [2.24, 2.45) is 0 Å². The molecule has 0 fully saturated rings. The molecular weight excluding hydrogens is 841 g/mol. The summed E-state index contributed by atoms with van der Waals surface area (Å²) in [4.78, 5) is 38.1. The predicted octanol–water partition coefficient (Wildman–Crippen LogP) is 19.4. The fourth-order valence-corrected chi connectivity index (χ4v) is 8.18. The van der Waals surface area contributed by atoms with E-state index in [2.05, 4.69) is 87.6 Å². The van der Waals surface area contributed by atoms with Gasteiger partial charge in [-0.1, -0.05) is 280 Å². The Hall–Kier alpha value is -3.15. The van der Waals surface area contributed by atoms with Crippen molar-refractivity contribution in [2.45, 2.75) is 290 Å². The smallest absolute Gasteiger partial charge is 0.306 e. The number of carbonyl (C=O) groups is 3. The zero-order valence-electron chi connectivity index (χ0n) is 44.9. The van der Waals surface area contributed by atoms with Crippen LogP contribution in [0, 0.1) is 0 Å².